The molecule has 354 valence electrons. The van der Waals surface area contributed by atoms with Crippen molar-refractivity contribution in [3.8, 4) is 0 Å². The predicted octanol–water partition coefficient (Wildman–Crippen LogP) is 14.8. The maximum Gasteiger partial charge on any atom is 0.306 e. The number of esters is 2. The number of hydrogen-bond donors (Lipinski definition) is 0. The highest BCUT2D eigenvalue weighted by molar-refractivity contribution is 6.99. The minimum absolute atomic E-state index is 0.0839. The van der Waals surface area contributed by atoms with Crippen molar-refractivity contribution >= 4 is 30.6 Å². The van der Waals surface area contributed by atoms with Crippen LogP contribution in [0.15, 0.2) is 60.7 Å². The molecule has 0 amide bonds. The lowest BCUT2D eigenvalue weighted by molar-refractivity contribution is -0.156. The summed E-state index contributed by atoms with van der Waals surface area (Å²) in [5.41, 5.74) is 0. The molecule has 0 radical (unpaired) electrons. The van der Waals surface area contributed by atoms with Crippen LogP contribution in [0.3, 0.4) is 0 Å². The first-order valence-electron chi connectivity index (χ1n) is 25.9. The van der Waals surface area contributed by atoms with Gasteiger partial charge in [-0.3, -0.25) is 9.59 Å². The highest BCUT2D eigenvalue weighted by atomic mass is 28.4. The van der Waals surface area contributed by atoms with Gasteiger partial charge in [0.1, 0.15) is 12.2 Å². The summed E-state index contributed by atoms with van der Waals surface area (Å²) in [6.07, 6.45) is 32.1. The monoisotopic (exact) mass is 879 g/mol. The van der Waals surface area contributed by atoms with Gasteiger partial charge in [-0.1, -0.05) is 243 Å². The van der Waals surface area contributed by atoms with E-state index in [-0.39, 0.29) is 36.3 Å². The number of carbonyl (C=O) groups is 2. The average molecular weight is 879 g/mol. The van der Waals surface area contributed by atoms with Crippen LogP contribution in [0.4, 0.5) is 0 Å². The summed E-state index contributed by atoms with van der Waals surface area (Å²) in [6.45, 7) is 14.5. The van der Waals surface area contributed by atoms with E-state index in [9.17, 15) is 9.59 Å². The highest BCUT2D eigenvalue weighted by Crippen LogP contribution is 2.37. The van der Waals surface area contributed by atoms with Crippen LogP contribution >= 0.6 is 0 Å². The average Bonchev–Trinajstić information content (AvgIpc) is 3.26. The molecule has 6 nitrogen and oxygen atoms in total. The third kappa shape index (κ3) is 24.5. The van der Waals surface area contributed by atoms with Crippen LogP contribution in [0.2, 0.25) is 5.04 Å². The first kappa shape index (κ1) is 55.6. The van der Waals surface area contributed by atoms with Gasteiger partial charge in [0.2, 0.25) is 0 Å². The molecule has 0 aliphatic heterocycles. The van der Waals surface area contributed by atoms with Crippen LogP contribution in [0.5, 0.6) is 0 Å². The molecule has 0 fully saturated rings. The SMILES string of the molecule is CCCCCCCCCCCCCC(=O)O[C@H](COCC[C@@H](CCCCCCC)OC(=O)CCCCCCCCCCC)CO[Si](c1ccccc1)(c1ccccc1)C(C)(C)C. The van der Waals surface area contributed by atoms with Crippen molar-refractivity contribution in [3.05, 3.63) is 60.7 Å². The molecular formula is C55H94O6Si. The number of unbranched alkanes of at least 4 members (excludes halogenated alkanes) is 22. The summed E-state index contributed by atoms with van der Waals surface area (Å²) in [5.74, 6) is -0.268. The topological polar surface area (TPSA) is 71.1 Å². The van der Waals surface area contributed by atoms with E-state index in [0.29, 0.717) is 25.9 Å². The molecule has 2 aromatic rings. The van der Waals surface area contributed by atoms with Gasteiger partial charge in [-0.25, -0.2) is 0 Å². The van der Waals surface area contributed by atoms with Gasteiger partial charge in [-0.2, -0.15) is 0 Å². The third-order valence-electron chi connectivity index (χ3n) is 12.5. The van der Waals surface area contributed by atoms with E-state index in [2.05, 4.69) is 102 Å². The maximum atomic E-state index is 13.4. The molecule has 2 rings (SSSR count). The minimum Gasteiger partial charge on any atom is -0.462 e. The zero-order chi connectivity index (χ0) is 45.0. The molecular weight excluding hydrogens is 785 g/mol. The fourth-order valence-corrected chi connectivity index (χ4v) is 13.4. The Bertz CT molecular complexity index is 1300. The minimum atomic E-state index is -2.86. The van der Waals surface area contributed by atoms with E-state index in [4.69, 9.17) is 18.6 Å². The Morgan fingerprint density at radius 3 is 1.24 bits per heavy atom. The Hall–Kier alpha value is -2.48. The zero-order valence-electron chi connectivity index (χ0n) is 41.0. The van der Waals surface area contributed by atoms with Gasteiger partial charge < -0.3 is 18.6 Å². The van der Waals surface area contributed by atoms with Crippen LogP contribution in [-0.4, -0.2) is 52.3 Å². The number of rotatable bonds is 40. The van der Waals surface area contributed by atoms with Crippen molar-refractivity contribution in [2.45, 2.75) is 245 Å². The molecule has 0 saturated heterocycles. The second-order valence-electron chi connectivity index (χ2n) is 19.1. The lowest BCUT2D eigenvalue weighted by Crippen LogP contribution is -2.67. The summed E-state index contributed by atoms with van der Waals surface area (Å²) in [5, 5.41) is 2.18. The van der Waals surface area contributed by atoms with Gasteiger partial charge in [-0.05, 0) is 41.1 Å². The standard InChI is InChI=1S/C55H94O6Si/c1-7-10-13-16-18-20-21-23-25-28-37-44-54(57)61-50(48-59-62(55(4,5)6,51-39-32-29-33-40-51)52-41-34-30-35-42-52)47-58-46-45-49(38-31-26-15-12-9-3)60-53(56)43-36-27-24-22-19-17-14-11-8-2/h29-30,32-35,39-42,49-50H,7-28,31,36-38,43-48H2,1-6H3/t49-,50-/m1/s1. The summed E-state index contributed by atoms with van der Waals surface area (Å²) >= 11 is 0. The molecule has 0 heterocycles. The van der Waals surface area contributed by atoms with Crippen LogP contribution in [-0.2, 0) is 28.2 Å². The van der Waals surface area contributed by atoms with Gasteiger partial charge in [0.05, 0.1) is 19.8 Å². The molecule has 0 bridgehead atoms. The van der Waals surface area contributed by atoms with Crippen molar-refractivity contribution in [3.63, 3.8) is 0 Å². The first-order chi connectivity index (χ1) is 30.2. The van der Waals surface area contributed by atoms with Crippen molar-refractivity contribution in [2.75, 3.05) is 19.8 Å². The van der Waals surface area contributed by atoms with Crippen LogP contribution < -0.4 is 10.4 Å². The molecule has 2 aromatic carbocycles. The fourth-order valence-electron chi connectivity index (χ4n) is 8.77. The first-order valence-corrected chi connectivity index (χ1v) is 27.8. The lowest BCUT2D eigenvalue weighted by atomic mass is 10.1. The fraction of sp³-hybridized carbons (Fsp3) is 0.745. The van der Waals surface area contributed by atoms with Gasteiger partial charge >= 0.3 is 11.9 Å². The van der Waals surface area contributed by atoms with E-state index in [1.165, 1.54) is 126 Å². The van der Waals surface area contributed by atoms with E-state index in [0.717, 1.165) is 51.4 Å². The normalized spacial score (nSPS) is 12.9. The second kappa shape index (κ2) is 35.8. The Balaban J connectivity index is 2.07. The maximum absolute atomic E-state index is 13.4. The summed E-state index contributed by atoms with van der Waals surface area (Å²) in [4.78, 5) is 26.5. The smallest absolute Gasteiger partial charge is 0.306 e. The highest BCUT2D eigenvalue weighted by Gasteiger charge is 2.50. The van der Waals surface area contributed by atoms with Crippen LogP contribution in [0, 0.1) is 0 Å². The Morgan fingerprint density at radius 1 is 0.468 bits per heavy atom. The number of carbonyl (C=O) groups excluding carboxylic acids is 2. The van der Waals surface area contributed by atoms with Crippen molar-refractivity contribution < 1.29 is 28.2 Å². The van der Waals surface area contributed by atoms with E-state index in [1.54, 1.807) is 0 Å². The van der Waals surface area contributed by atoms with Gasteiger partial charge in [0, 0.05) is 19.3 Å². The molecule has 0 unspecified atom stereocenters. The Morgan fingerprint density at radius 2 is 0.839 bits per heavy atom. The molecule has 2 atom stereocenters. The molecule has 0 aromatic heterocycles. The predicted molar refractivity (Wildman–Crippen MR) is 265 cm³/mol. The summed E-state index contributed by atoms with van der Waals surface area (Å²) < 4.78 is 26.0. The quantitative estimate of drug-likeness (QED) is 0.0377. The molecule has 0 N–H and O–H groups in total. The molecule has 0 spiro atoms. The van der Waals surface area contributed by atoms with Crippen LogP contribution in [0.25, 0.3) is 0 Å². The van der Waals surface area contributed by atoms with E-state index < -0.39 is 14.4 Å². The van der Waals surface area contributed by atoms with Crippen molar-refractivity contribution in [1.82, 2.24) is 0 Å². The number of hydrogen-bond acceptors (Lipinski definition) is 6. The van der Waals surface area contributed by atoms with Gasteiger partial charge in [0.25, 0.3) is 8.32 Å². The summed E-state index contributed by atoms with van der Waals surface area (Å²) in [6, 6.07) is 21.2. The molecule has 7 heteroatoms. The van der Waals surface area contributed by atoms with E-state index >= 15 is 0 Å². The molecule has 62 heavy (non-hydrogen) atoms. The van der Waals surface area contributed by atoms with Gasteiger partial charge in [0.15, 0.2) is 0 Å². The zero-order valence-corrected chi connectivity index (χ0v) is 42.0. The Labute approximate surface area is 382 Å². The second-order valence-corrected chi connectivity index (χ2v) is 23.4. The Kier molecular flexibility index (Phi) is 32.1. The third-order valence-corrected chi connectivity index (χ3v) is 17.5. The largest absolute Gasteiger partial charge is 0.462 e. The van der Waals surface area contributed by atoms with Gasteiger partial charge in [-0.15, -0.1) is 0 Å². The van der Waals surface area contributed by atoms with E-state index in [1.807, 2.05) is 0 Å². The molecule has 0 aliphatic rings. The number of ether oxygens (including phenoxy) is 3. The lowest BCUT2D eigenvalue weighted by Gasteiger charge is -2.43. The summed E-state index contributed by atoms with van der Waals surface area (Å²) in [7, 11) is -2.86. The van der Waals surface area contributed by atoms with Crippen molar-refractivity contribution in [2.24, 2.45) is 0 Å². The van der Waals surface area contributed by atoms with Crippen LogP contribution in [0.1, 0.15) is 228 Å². The van der Waals surface area contributed by atoms with Crippen molar-refractivity contribution in [1.29, 1.82) is 0 Å². The molecule has 0 saturated carbocycles. The molecule has 0 aliphatic carbocycles. The number of benzene rings is 2.